The number of methoxy groups -OCH3 is 1. The van der Waals surface area contributed by atoms with Gasteiger partial charge in [0, 0.05) is 50.1 Å². The fourth-order valence-corrected chi connectivity index (χ4v) is 3.72. The second-order valence-corrected chi connectivity index (χ2v) is 7.45. The summed E-state index contributed by atoms with van der Waals surface area (Å²) < 4.78 is 7.62. The lowest BCUT2D eigenvalue weighted by Crippen LogP contribution is -2.40. The molecule has 1 fully saturated rings. The molecule has 0 bridgehead atoms. The number of rotatable bonds is 7. The summed E-state index contributed by atoms with van der Waals surface area (Å²) in [4.78, 5) is 21.7. The van der Waals surface area contributed by atoms with Crippen LogP contribution < -0.4 is 4.74 Å². The van der Waals surface area contributed by atoms with Gasteiger partial charge in [-0.25, -0.2) is 4.98 Å². The molecule has 1 saturated heterocycles. The minimum absolute atomic E-state index is 0.163. The first-order valence-corrected chi connectivity index (χ1v) is 9.64. The highest BCUT2D eigenvalue weighted by molar-refractivity contribution is 5.79. The average Bonchev–Trinajstić information content (AvgIpc) is 3.15. The van der Waals surface area contributed by atoms with Crippen molar-refractivity contribution in [3.63, 3.8) is 0 Å². The Morgan fingerprint density at radius 1 is 1.33 bits per heavy atom. The third-order valence-corrected chi connectivity index (χ3v) is 5.21. The molecule has 2 aromatic rings. The molecule has 2 heterocycles. The molecule has 0 saturated carbocycles. The summed E-state index contributed by atoms with van der Waals surface area (Å²) in [7, 11) is 5.80. The van der Waals surface area contributed by atoms with Crippen molar-refractivity contribution in [3.8, 4) is 5.75 Å². The molecular formula is C21H30N4O2. The van der Waals surface area contributed by atoms with Gasteiger partial charge in [0.1, 0.15) is 11.6 Å². The first-order valence-electron chi connectivity index (χ1n) is 9.64. The minimum atomic E-state index is 0.163. The predicted molar refractivity (Wildman–Crippen MR) is 106 cm³/mol. The largest absolute Gasteiger partial charge is 0.496 e. The van der Waals surface area contributed by atoms with Crippen LogP contribution in [0.1, 0.15) is 30.1 Å². The molecule has 0 aliphatic carbocycles. The molecule has 1 aliphatic heterocycles. The van der Waals surface area contributed by atoms with E-state index in [4.69, 9.17) is 4.74 Å². The van der Waals surface area contributed by atoms with Gasteiger partial charge in [0.25, 0.3) is 0 Å². The molecule has 0 unspecified atom stereocenters. The highest BCUT2D eigenvalue weighted by atomic mass is 16.5. The maximum Gasteiger partial charge on any atom is 0.227 e. The van der Waals surface area contributed by atoms with Crippen LogP contribution >= 0.6 is 0 Å². The second-order valence-electron chi connectivity index (χ2n) is 7.45. The molecule has 1 atom stereocenters. The van der Waals surface area contributed by atoms with Crippen molar-refractivity contribution in [1.29, 1.82) is 0 Å². The molecule has 0 spiro atoms. The molecule has 1 amide bonds. The van der Waals surface area contributed by atoms with E-state index >= 15 is 0 Å². The number of likely N-dealkylation sites (N-methyl/N-ethyl adjacent to an activating group) is 1. The maximum atomic E-state index is 12.9. The van der Waals surface area contributed by atoms with Crippen LogP contribution in [0.3, 0.4) is 0 Å². The molecule has 6 heteroatoms. The predicted octanol–water partition coefficient (Wildman–Crippen LogP) is 2.40. The van der Waals surface area contributed by atoms with Gasteiger partial charge in [0.15, 0.2) is 0 Å². The fourth-order valence-electron chi connectivity index (χ4n) is 3.72. The highest BCUT2D eigenvalue weighted by Crippen LogP contribution is 2.27. The highest BCUT2D eigenvalue weighted by Gasteiger charge is 2.27. The van der Waals surface area contributed by atoms with Crippen molar-refractivity contribution >= 4 is 5.91 Å². The Hall–Kier alpha value is -2.34. The van der Waals surface area contributed by atoms with Gasteiger partial charge >= 0.3 is 0 Å². The lowest BCUT2D eigenvalue weighted by Gasteiger charge is -2.33. The molecule has 146 valence electrons. The lowest BCUT2D eigenvalue weighted by atomic mass is 9.96. The number of piperidine rings is 1. The third-order valence-electron chi connectivity index (χ3n) is 5.21. The van der Waals surface area contributed by atoms with Gasteiger partial charge in [-0.05, 0) is 33.0 Å². The number of benzene rings is 1. The van der Waals surface area contributed by atoms with Crippen molar-refractivity contribution in [2.24, 2.45) is 0 Å². The summed E-state index contributed by atoms with van der Waals surface area (Å²) in [5.74, 6) is 2.35. The molecule has 1 aromatic carbocycles. The number of imidazole rings is 1. The zero-order valence-electron chi connectivity index (χ0n) is 16.6. The van der Waals surface area contributed by atoms with Crippen LogP contribution in [0.15, 0.2) is 36.7 Å². The number of hydrogen-bond donors (Lipinski definition) is 0. The first kappa shape index (κ1) is 19.4. The van der Waals surface area contributed by atoms with Gasteiger partial charge < -0.3 is 19.1 Å². The Labute approximate surface area is 161 Å². The number of likely N-dealkylation sites (tertiary alicyclic amines) is 1. The maximum absolute atomic E-state index is 12.9. The molecule has 27 heavy (non-hydrogen) atoms. The van der Waals surface area contributed by atoms with Gasteiger partial charge in [-0.15, -0.1) is 0 Å². The Bertz CT molecular complexity index is 756. The molecular weight excluding hydrogens is 340 g/mol. The van der Waals surface area contributed by atoms with Crippen molar-refractivity contribution in [3.05, 3.63) is 48.0 Å². The molecule has 1 aromatic heterocycles. The van der Waals surface area contributed by atoms with Crippen LogP contribution in [0.5, 0.6) is 5.75 Å². The third kappa shape index (κ3) is 4.89. The number of carbonyl (C=O) groups excluding carboxylic acids is 1. The lowest BCUT2D eigenvalue weighted by molar-refractivity contribution is -0.131. The van der Waals surface area contributed by atoms with Gasteiger partial charge in [-0.3, -0.25) is 4.79 Å². The molecule has 1 aliphatic rings. The quantitative estimate of drug-likeness (QED) is 0.751. The normalized spacial score (nSPS) is 17.3. The van der Waals surface area contributed by atoms with Gasteiger partial charge in [0.2, 0.25) is 5.91 Å². The Kier molecular flexibility index (Phi) is 6.50. The second kappa shape index (κ2) is 9.04. The number of para-hydroxylation sites is 1. The van der Waals surface area contributed by atoms with Crippen molar-refractivity contribution < 1.29 is 9.53 Å². The minimum Gasteiger partial charge on any atom is -0.496 e. The number of aromatic nitrogens is 2. The van der Waals surface area contributed by atoms with E-state index in [-0.39, 0.29) is 5.91 Å². The summed E-state index contributed by atoms with van der Waals surface area (Å²) in [6.07, 6.45) is 6.40. The number of amides is 1. The van der Waals surface area contributed by atoms with Crippen LogP contribution in [-0.4, -0.2) is 66.1 Å². The summed E-state index contributed by atoms with van der Waals surface area (Å²) >= 11 is 0. The monoisotopic (exact) mass is 370 g/mol. The van der Waals surface area contributed by atoms with Gasteiger partial charge in [-0.1, -0.05) is 18.2 Å². The SMILES string of the molecule is COc1ccccc1CC(=O)N1CCC[C@@H](c2nccn2CCN(C)C)C1. The van der Waals surface area contributed by atoms with Crippen molar-refractivity contribution in [2.45, 2.75) is 31.7 Å². The Morgan fingerprint density at radius 2 is 2.15 bits per heavy atom. The zero-order valence-corrected chi connectivity index (χ0v) is 16.6. The number of nitrogens with zero attached hydrogens (tertiary/aromatic N) is 4. The van der Waals surface area contributed by atoms with E-state index in [0.717, 1.165) is 56.2 Å². The average molecular weight is 370 g/mol. The van der Waals surface area contributed by atoms with Gasteiger partial charge in [-0.2, -0.15) is 0 Å². The van der Waals surface area contributed by atoms with E-state index in [9.17, 15) is 4.79 Å². The Morgan fingerprint density at radius 3 is 2.93 bits per heavy atom. The number of ether oxygens (including phenoxy) is 1. The van der Waals surface area contributed by atoms with Crippen molar-refractivity contribution in [1.82, 2.24) is 19.4 Å². The van der Waals surface area contributed by atoms with E-state index < -0.39 is 0 Å². The summed E-state index contributed by atoms with van der Waals surface area (Å²) in [6, 6.07) is 7.75. The number of carbonyl (C=O) groups is 1. The van der Waals surface area contributed by atoms with E-state index in [1.807, 2.05) is 35.4 Å². The van der Waals surface area contributed by atoms with Gasteiger partial charge in [0.05, 0.1) is 13.5 Å². The van der Waals surface area contributed by atoms with Crippen LogP contribution in [0, 0.1) is 0 Å². The molecule has 0 radical (unpaired) electrons. The summed E-state index contributed by atoms with van der Waals surface area (Å²) in [5, 5.41) is 0. The number of hydrogen-bond acceptors (Lipinski definition) is 4. The summed E-state index contributed by atoms with van der Waals surface area (Å²) in [6.45, 7) is 3.47. The molecule has 3 rings (SSSR count). The van der Waals surface area contributed by atoms with Crippen LogP contribution in [0.25, 0.3) is 0 Å². The van der Waals surface area contributed by atoms with E-state index in [1.54, 1.807) is 7.11 Å². The standard InChI is InChI=1S/C21H30N4O2/c1-23(2)13-14-24-12-10-22-21(24)18-8-6-11-25(16-18)20(26)15-17-7-4-5-9-19(17)27-3/h4-5,7,9-10,12,18H,6,8,11,13-16H2,1-3H3/t18-/m1/s1. The van der Waals surface area contributed by atoms with Crippen molar-refractivity contribution in [2.75, 3.05) is 40.8 Å². The fraction of sp³-hybridized carbons (Fsp3) is 0.524. The smallest absolute Gasteiger partial charge is 0.227 e. The molecule has 6 nitrogen and oxygen atoms in total. The van der Waals surface area contributed by atoms with E-state index in [0.29, 0.717) is 12.3 Å². The van der Waals surface area contributed by atoms with Crippen LogP contribution in [0.4, 0.5) is 0 Å². The zero-order chi connectivity index (χ0) is 19.2. The molecule has 0 N–H and O–H groups in total. The summed E-state index contributed by atoms with van der Waals surface area (Å²) in [5.41, 5.74) is 0.944. The van der Waals surface area contributed by atoms with Crippen LogP contribution in [0.2, 0.25) is 0 Å². The van der Waals surface area contributed by atoms with Crippen LogP contribution in [-0.2, 0) is 17.8 Å². The Balaban J connectivity index is 1.66. The van der Waals surface area contributed by atoms with E-state index in [1.165, 1.54) is 0 Å². The first-order chi connectivity index (χ1) is 13.1. The topological polar surface area (TPSA) is 50.6 Å². The van der Waals surface area contributed by atoms with E-state index in [2.05, 4.69) is 34.7 Å².